The summed E-state index contributed by atoms with van der Waals surface area (Å²) in [4.78, 5) is 11.8. The smallest absolute Gasteiger partial charge is 0.262 e. The normalized spacial score (nSPS) is 10.2. The topological polar surface area (TPSA) is 38.3 Å². The predicted octanol–water partition coefficient (Wildman–Crippen LogP) is 4.54. The van der Waals surface area contributed by atoms with Crippen molar-refractivity contribution >= 4 is 43.5 Å². The number of benzene rings is 2. The van der Waals surface area contributed by atoms with E-state index in [4.69, 9.17) is 4.74 Å². The SMILES string of the molecule is Cc1cc(Br)ccc1NC(=O)COc1ccc(Br)cc1. The second-order valence-electron chi connectivity index (χ2n) is 4.25. The summed E-state index contributed by atoms with van der Waals surface area (Å²) < 4.78 is 7.37. The quantitative estimate of drug-likeness (QED) is 0.821. The fourth-order valence-corrected chi connectivity index (χ4v) is 2.37. The summed E-state index contributed by atoms with van der Waals surface area (Å²) in [6, 6.07) is 13.0. The van der Waals surface area contributed by atoms with E-state index in [0.717, 1.165) is 20.2 Å². The molecule has 0 aromatic heterocycles. The Morgan fingerprint density at radius 3 is 2.40 bits per heavy atom. The zero-order chi connectivity index (χ0) is 14.5. The Morgan fingerprint density at radius 2 is 1.75 bits per heavy atom. The number of rotatable bonds is 4. The fourth-order valence-electron chi connectivity index (χ4n) is 1.63. The van der Waals surface area contributed by atoms with Crippen molar-refractivity contribution in [1.29, 1.82) is 0 Å². The van der Waals surface area contributed by atoms with Crippen LogP contribution in [0.25, 0.3) is 0 Å². The zero-order valence-electron chi connectivity index (χ0n) is 10.8. The summed E-state index contributed by atoms with van der Waals surface area (Å²) in [6.45, 7) is 1.92. The molecule has 0 unspecified atom stereocenters. The lowest BCUT2D eigenvalue weighted by molar-refractivity contribution is -0.118. The molecule has 1 N–H and O–H groups in total. The molecule has 2 rings (SSSR count). The van der Waals surface area contributed by atoms with Crippen LogP contribution in [-0.4, -0.2) is 12.5 Å². The van der Waals surface area contributed by atoms with E-state index in [0.29, 0.717) is 5.75 Å². The predicted molar refractivity (Wildman–Crippen MR) is 87.1 cm³/mol. The van der Waals surface area contributed by atoms with Crippen LogP contribution in [0.1, 0.15) is 5.56 Å². The number of amides is 1. The summed E-state index contributed by atoms with van der Waals surface area (Å²) in [5.41, 5.74) is 1.79. The Bertz CT molecular complexity index is 612. The summed E-state index contributed by atoms with van der Waals surface area (Å²) in [7, 11) is 0. The van der Waals surface area contributed by atoms with Crippen molar-refractivity contribution in [2.75, 3.05) is 11.9 Å². The minimum Gasteiger partial charge on any atom is -0.484 e. The first kappa shape index (κ1) is 15.1. The van der Waals surface area contributed by atoms with E-state index in [1.54, 1.807) is 0 Å². The molecule has 0 fully saturated rings. The second kappa shape index (κ2) is 6.90. The molecule has 0 saturated carbocycles. The minimum absolute atomic E-state index is 0.0167. The molecule has 0 saturated heterocycles. The van der Waals surface area contributed by atoms with E-state index in [1.807, 2.05) is 49.4 Å². The van der Waals surface area contributed by atoms with Crippen LogP contribution in [0.2, 0.25) is 0 Å². The molecule has 0 atom stereocenters. The first-order valence-corrected chi connectivity index (χ1v) is 7.57. The molecule has 0 aliphatic carbocycles. The molecule has 0 aliphatic rings. The van der Waals surface area contributed by atoms with Crippen LogP contribution < -0.4 is 10.1 Å². The fraction of sp³-hybridized carbons (Fsp3) is 0.133. The maximum Gasteiger partial charge on any atom is 0.262 e. The Kier molecular flexibility index (Phi) is 5.20. The molecule has 5 heteroatoms. The Balaban J connectivity index is 1.90. The number of carbonyl (C=O) groups excluding carboxylic acids is 1. The van der Waals surface area contributed by atoms with Gasteiger partial charge in [-0.1, -0.05) is 31.9 Å². The van der Waals surface area contributed by atoms with Gasteiger partial charge in [-0.25, -0.2) is 0 Å². The molecule has 0 spiro atoms. The number of hydrogen-bond donors (Lipinski definition) is 1. The molecule has 0 radical (unpaired) electrons. The molecule has 2 aromatic rings. The Labute approximate surface area is 134 Å². The number of hydrogen-bond acceptors (Lipinski definition) is 2. The van der Waals surface area contributed by atoms with Gasteiger partial charge >= 0.3 is 0 Å². The lowest BCUT2D eigenvalue weighted by Gasteiger charge is -2.10. The first-order chi connectivity index (χ1) is 9.54. The largest absolute Gasteiger partial charge is 0.484 e. The van der Waals surface area contributed by atoms with Crippen molar-refractivity contribution in [2.24, 2.45) is 0 Å². The van der Waals surface area contributed by atoms with Gasteiger partial charge in [0.1, 0.15) is 5.75 Å². The van der Waals surface area contributed by atoms with Crippen molar-refractivity contribution < 1.29 is 9.53 Å². The third-order valence-corrected chi connectivity index (χ3v) is 3.67. The molecule has 0 heterocycles. The number of nitrogens with one attached hydrogen (secondary N) is 1. The van der Waals surface area contributed by atoms with Crippen molar-refractivity contribution in [3.8, 4) is 5.75 Å². The molecule has 3 nitrogen and oxygen atoms in total. The van der Waals surface area contributed by atoms with Crippen LogP contribution in [0.5, 0.6) is 5.75 Å². The van der Waals surface area contributed by atoms with Crippen LogP contribution in [0.4, 0.5) is 5.69 Å². The average molecular weight is 399 g/mol. The van der Waals surface area contributed by atoms with Crippen LogP contribution >= 0.6 is 31.9 Å². The average Bonchev–Trinajstić information content (AvgIpc) is 2.41. The van der Waals surface area contributed by atoms with Crippen LogP contribution in [0.3, 0.4) is 0 Å². The Hall–Kier alpha value is -1.33. The molecular formula is C15H13Br2NO2. The maximum absolute atomic E-state index is 11.8. The summed E-state index contributed by atoms with van der Waals surface area (Å²) in [5, 5.41) is 2.83. The third-order valence-electron chi connectivity index (χ3n) is 2.65. The standard InChI is InChI=1S/C15H13Br2NO2/c1-10-8-12(17)4-7-14(10)18-15(19)9-20-13-5-2-11(16)3-6-13/h2-8H,9H2,1H3,(H,18,19). The lowest BCUT2D eigenvalue weighted by atomic mass is 10.2. The van der Waals surface area contributed by atoms with E-state index in [-0.39, 0.29) is 12.5 Å². The van der Waals surface area contributed by atoms with E-state index in [1.165, 1.54) is 0 Å². The van der Waals surface area contributed by atoms with Gasteiger partial charge in [-0.15, -0.1) is 0 Å². The van der Waals surface area contributed by atoms with Crippen molar-refractivity contribution in [3.63, 3.8) is 0 Å². The van der Waals surface area contributed by atoms with Gasteiger partial charge in [-0.2, -0.15) is 0 Å². The van der Waals surface area contributed by atoms with Crippen LogP contribution in [0, 0.1) is 6.92 Å². The zero-order valence-corrected chi connectivity index (χ0v) is 14.0. The van der Waals surface area contributed by atoms with Crippen LogP contribution in [-0.2, 0) is 4.79 Å². The van der Waals surface area contributed by atoms with E-state index >= 15 is 0 Å². The summed E-state index contributed by atoms with van der Waals surface area (Å²) >= 11 is 6.73. The van der Waals surface area contributed by atoms with E-state index in [9.17, 15) is 4.79 Å². The van der Waals surface area contributed by atoms with Crippen molar-refractivity contribution in [1.82, 2.24) is 0 Å². The van der Waals surface area contributed by atoms with Gasteiger partial charge in [-0.05, 0) is 55.0 Å². The monoisotopic (exact) mass is 397 g/mol. The highest BCUT2D eigenvalue weighted by atomic mass is 79.9. The number of halogens is 2. The van der Waals surface area contributed by atoms with Crippen molar-refractivity contribution in [2.45, 2.75) is 6.92 Å². The highest BCUT2D eigenvalue weighted by Crippen LogP contribution is 2.20. The highest BCUT2D eigenvalue weighted by molar-refractivity contribution is 9.10. The van der Waals surface area contributed by atoms with Gasteiger partial charge in [0, 0.05) is 14.6 Å². The third kappa shape index (κ3) is 4.35. The van der Waals surface area contributed by atoms with Gasteiger partial charge in [0.15, 0.2) is 6.61 Å². The van der Waals surface area contributed by atoms with Crippen LogP contribution in [0.15, 0.2) is 51.4 Å². The molecule has 1 amide bonds. The molecule has 20 heavy (non-hydrogen) atoms. The number of carbonyl (C=O) groups is 1. The minimum atomic E-state index is -0.182. The van der Waals surface area contributed by atoms with Gasteiger partial charge in [0.2, 0.25) is 0 Å². The molecule has 104 valence electrons. The highest BCUT2D eigenvalue weighted by Gasteiger charge is 2.06. The summed E-state index contributed by atoms with van der Waals surface area (Å²) in [6.07, 6.45) is 0. The van der Waals surface area contributed by atoms with Gasteiger partial charge < -0.3 is 10.1 Å². The number of ether oxygens (including phenoxy) is 1. The lowest BCUT2D eigenvalue weighted by Crippen LogP contribution is -2.20. The first-order valence-electron chi connectivity index (χ1n) is 5.99. The second-order valence-corrected chi connectivity index (χ2v) is 6.08. The number of anilines is 1. The molecule has 2 aromatic carbocycles. The van der Waals surface area contributed by atoms with E-state index in [2.05, 4.69) is 37.2 Å². The number of aryl methyl sites for hydroxylation is 1. The van der Waals surface area contributed by atoms with Gasteiger partial charge in [-0.3, -0.25) is 4.79 Å². The molecular weight excluding hydrogens is 386 g/mol. The van der Waals surface area contributed by atoms with E-state index < -0.39 is 0 Å². The van der Waals surface area contributed by atoms with Crippen molar-refractivity contribution in [3.05, 3.63) is 57.0 Å². The van der Waals surface area contributed by atoms with Gasteiger partial charge in [0.25, 0.3) is 5.91 Å². The Morgan fingerprint density at radius 1 is 1.10 bits per heavy atom. The molecule has 0 aliphatic heterocycles. The summed E-state index contributed by atoms with van der Waals surface area (Å²) in [5.74, 6) is 0.481. The maximum atomic E-state index is 11.8. The molecule has 0 bridgehead atoms. The van der Waals surface area contributed by atoms with Gasteiger partial charge in [0.05, 0.1) is 0 Å².